The van der Waals surface area contributed by atoms with E-state index in [0.717, 1.165) is 0 Å². The van der Waals surface area contributed by atoms with Crippen molar-refractivity contribution in [2.45, 2.75) is 6.54 Å². The number of halogens is 1. The van der Waals surface area contributed by atoms with Crippen LogP contribution in [0.25, 0.3) is 0 Å². The first-order valence-corrected chi connectivity index (χ1v) is 6.65. The molecule has 2 aromatic rings. The highest BCUT2D eigenvalue weighted by Gasteiger charge is 2.18. The molecule has 0 aliphatic carbocycles. The van der Waals surface area contributed by atoms with Gasteiger partial charge in [-0.05, 0) is 17.7 Å². The minimum Gasteiger partial charge on any atom is -0.365 e. The van der Waals surface area contributed by atoms with Crippen molar-refractivity contribution in [3.8, 4) is 0 Å². The molecule has 0 radical (unpaired) electrons. The second-order valence-electron chi connectivity index (χ2n) is 4.63. The summed E-state index contributed by atoms with van der Waals surface area (Å²) in [5, 5.41) is 22.2. The second kappa shape index (κ2) is 6.40. The summed E-state index contributed by atoms with van der Waals surface area (Å²) in [7, 11) is 1.66. The lowest BCUT2D eigenvalue weighted by atomic mass is 10.1. The molecule has 0 spiro atoms. The van der Waals surface area contributed by atoms with Crippen molar-refractivity contribution in [3.63, 3.8) is 0 Å². The molecule has 0 aliphatic heterocycles. The number of nitrogens with zero attached hydrogens (tertiary/aromatic N) is 3. The van der Waals surface area contributed by atoms with Crippen LogP contribution in [0.1, 0.15) is 5.56 Å². The van der Waals surface area contributed by atoms with Gasteiger partial charge in [0.1, 0.15) is 5.69 Å². The third-order valence-electron chi connectivity index (χ3n) is 3.14. The summed E-state index contributed by atoms with van der Waals surface area (Å²) >= 11 is 6.05. The Balaban J connectivity index is 2.33. The average Bonchev–Trinajstić information content (AvgIpc) is 2.49. The van der Waals surface area contributed by atoms with Gasteiger partial charge in [-0.2, -0.15) is 0 Å². The van der Waals surface area contributed by atoms with E-state index in [1.165, 1.54) is 24.3 Å². The molecule has 0 unspecified atom stereocenters. The van der Waals surface area contributed by atoms with E-state index in [1.807, 2.05) is 0 Å². The number of anilines is 1. The number of rotatable bonds is 5. The fraction of sp³-hybridized carbons (Fsp3) is 0.143. The zero-order valence-corrected chi connectivity index (χ0v) is 12.4. The zero-order chi connectivity index (χ0) is 16.3. The van der Waals surface area contributed by atoms with Crippen molar-refractivity contribution < 1.29 is 9.85 Å². The van der Waals surface area contributed by atoms with Crippen LogP contribution in [-0.2, 0) is 6.54 Å². The molecule has 0 heterocycles. The first kappa shape index (κ1) is 15.7. The van der Waals surface area contributed by atoms with Gasteiger partial charge in [-0.3, -0.25) is 20.2 Å². The molecule has 0 fully saturated rings. The van der Waals surface area contributed by atoms with Crippen molar-refractivity contribution in [1.82, 2.24) is 0 Å². The van der Waals surface area contributed by atoms with Crippen LogP contribution >= 0.6 is 11.6 Å². The van der Waals surface area contributed by atoms with E-state index >= 15 is 0 Å². The summed E-state index contributed by atoms with van der Waals surface area (Å²) in [5.74, 6) is 0. The molecule has 0 amide bonds. The van der Waals surface area contributed by atoms with Gasteiger partial charge in [-0.1, -0.05) is 23.7 Å². The molecule has 0 aromatic heterocycles. The monoisotopic (exact) mass is 321 g/mol. The Morgan fingerprint density at radius 1 is 1.09 bits per heavy atom. The van der Waals surface area contributed by atoms with Gasteiger partial charge in [0.15, 0.2) is 0 Å². The molecule has 0 bridgehead atoms. The summed E-state index contributed by atoms with van der Waals surface area (Å²) in [5.41, 5.74) is 0.827. The van der Waals surface area contributed by atoms with Gasteiger partial charge in [0.2, 0.25) is 0 Å². The normalized spacial score (nSPS) is 10.3. The fourth-order valence-electron chi connectivity index (χ4n) is 2.08. The predicted octanol–water partition coefficient (Wildman–Crippen LogP) is 3.79. The van der Waals surface area contributed by atoms with Gasteiger partial charge in [-0.25, -0.2) is 0 Å². The predicted molar refractivity (Wildman–Crippen MR) is 83.3 cm³/mol. The van der Waals surface area contributed by atoms with Crippen LogP contribution in [0.5, 0.6) is 0 Å². The van der Waals surface area contributed by atoms with Crippen molar-refractivity contribution >= 4 is 28.7 Å². The summed E-state index contributed by atoms with van der Waals surface area (Å²) in [4.78, 5) is 22.5. The highest BCUT2D eigenvalue weighted by molar-refractivity contribution is 6.31. The number of non-ortho nitro benzene ring substituents is 1. The van der Waals surface area contributed by atoms with E-state index < -0.39 is 9.85 Å². The third-order valence-corrected chi connectivity index (χ3v) is 3.51. The molecule has 0 saturated heterocycles. The molecule has 22 heavy (non-hydrogen) atoms. The number of hydrogen-bond acceptors (Lipinski definition) is 5. The van der Waals surface area contributed by atoms with Crippen molar-refractivity contribution in [3.05, 3.63) is 73.3 Å². The number of hydrogen-bond donors (Lipinski definition) is 0. The lowest BCUT2D eigenvalue weighted by molar-refractivity contribution is -0.384. The quantitative estimate of drug-likeness (QED) is 0.617. The maximum absolute atomic E-state index is 11.1. The van der Waals surface area contributed by atoms with Crippen molar-refractivity contribution in [1.29, 1.82) is 0 Å². The fourth-order valence-corrected chi connectivity index (χ4v) is 2.26. The SMILES string of the molecule is CN(Cc1cc([N+](=O)[O-])ccc1Cl)c1ccccc1[N+](=O)[O-]. The van der Waals surface area contributed by atoms with Crippen LogP contribution in [0.2, 0.25) is 5.02 Å². The number of benzene rings is 2. The van der Waals surface area contributed by atoms with Crippen LogP contribution < -0.4 is 4.90 Å². The van der Waals surface area contributed by atoms with Crippen LogP contribution in [0.4, 0.5) is 17.1 Å². The third kappa shape index (κ3) is 3.32. The van der Waals surface area contributed by atoms with Crippen molar-refractivity contribution in [2.75, 3.05) is 11.9 Å². The Morgan fingerprint density at radius 3 is 2.41 bits per heavy atom. The number of para-hydroxylation sites is 2. The van der Waals surface area contributed by atoms with Gasteiger partial charge < -0.3 is 4.90 Å². The van der Waals surface area contributed by atoms with Gasteiger partial charge in [0.25, 0.3) is 11.4 Å². The van der Waals surface area contributed by atoms with E-state index in [4.69, 9.17) is 11.6 Å². The first-order chi connectivity index (χ1) is 10.4. The first-order valence-electron chi connectivity index (χ1n) is 6.27. The minimum atomic E-state index is -0.509. The van der Waals surface area contributed by atoms with Crippen LogP contribution in [0.3, 0.4) is 0 Å². The summed E-state index contributed by atoms with van der Waals surface area (Å²) in [6.07, 6.45) is 0. The second-order valence-corrected chi connectivity index (χ2v) is 5.04. The average molecular weight is 322 g/mol. The molecular weight excluding hydrogens is 310 g/mol. The molecule has 8 heteroatoms. The topological polar surface area (TPSA) is 89.5 Å². The summed E-state index contributed by atoms with van der Waals surface area (Å²) in [6.45, 7) is 0.214. The van der Waals surface area contributed by atoms with Gasteiger partial charge in [-0.15, -0.1) is 0 Å². The molecule has 0 aliphatic rings. The molecule has 0 atom stereocenters. The van der Waals surface area contributed by atoms with Gasteiger partial charge >= 0.3 is 0 Å². The largest absolute Gasteiger partial charge is 0.365 e. The molecule has 2 rings (SSSR count). The molecule has 114 valence electrons. The summed E-state index contributed by atoms with van der Waals surface area (Å²) < 4.78 is 0. The maximum atomic E-state index is 11.1. The van der Waals surface area contributed by atoms with E-state index in [1.54, 1.807) is 30.1 Å². The van der Waals surface area contributed by atoms with Crippen molar-refractivity contribution in [2.24, 2.45) is 0 Å². The van der Waals surface area contributed by atoms with Crippen LogP contribution in [-0.4, -0.2) is 16.9 Å². The Kier molecular flexibility index (Phi) is 4.57. The Labute approximate surface area is 131 Å². The minimum absolute atomic E-state index is 0.0356. The zero-order valence-electron chi connectivity index (χ0n) is 11.6. The molecule has 0 N–H and O–H groups in total. The lowest BCUT2D eigenvalue weighted by Gasteiger charge is -2.19. The smallest absolute Gasteiger partial charge is 0.292 e. The molecular formula is C14H12ClN3O4. The van der Waals surface area contributed by atoms with Gasteiger partial charge in [0.05, 0.1) is 9.85 Å². The Bertz CT molecular complexity index is 736. The highest BCUT2D eigenvalue weighted by atomic mass is 35.5. The molecule has 7 nitrogen and oxygen atoms in total. The standard InChI is InChI=1S/C14H12ClN3O4/c1-16(13-4-2-3-5-14(13)18(21)22)9-10-8-11(17(19)20)6-7-12(10)15/h2-8H,9H2,1H3. The van der Waals surface area contributed by atoms with Crippen LogP contribution in [0, 0.1) is 20.2 Å². The number of nitro groups is 2. The lowest BCUT2D eigenvalue weighted by Crippen LogP contribution is -2.18. The van der Waals surface area contributed by atoms with Gasteiger partial charge in [0, 0.05) is 36.8 Å². The summed E-state index contributed by atoms with van der Waals surface area (Å²) in [6, 6.07) is 10.4. The molecule has 0 saturated carbocycles. The van der Waals surface area contributed by atoms with E-state index in [-0.39, 0.29) is 17.9 Å². The number of nitro benzene ring substituents is 2. The van der Waals surface area contributed by atoms with E-state index in [0.29, 0.717) is 16.3 Å². The Hall–Kier alpha value is -2.67. The highest BCUT2D eigenvalue weighted by Crippen LogP contribution is 2.30. The molecule has 2 aromatic carbocycles. The van der Waals surface area contributed by atoms with E-state index in [2.05, 4.69) is 0 Å². The Morgan fingerprint density at radius 2 is 1.77 bits per heavy atom. The van der Waals surface area contributed by atoms with Crippen LogP contribution in [0.15, 0.2) is 42.5 Å². The maximum Gasteiger partial charge on any atom is 0.292 e. The van der Waals surface area contributed by atoms with E-state index in [9.17, 15) is 20.2 Å².